The summed E-state index contributed by atoms with van der Waals surface area (Å²) in [7, 11) is 0. The first-order chi connectivity index (χ1) is 15.1. The van der Waals surface area contributed by atoms with Crippen molar-refractivity contribution in [3.63, 3.8) is 0 Å². The highest BCUT2D eigenvalue weighted by Gasteiger charge is 2.27. The van der Waals surface area contributed by atoms with Crippen molar-refractivity contribution in [3.8, 4) is 17.2 Å². The molecule has 152 valence electrons. The lowest BCUT2D eigenvalue weighted by Crippen LogP contribution is -2.44. The van der Waals surface area contributed by atoms with Crippen LogP contribution in [0.15, 0.2) is 72.8 Å². The van der Waals surface area contributed by atoms with E-state index in [0.29, 0.717) is 28.1 Å². The van der Waals surface area contributed by atoms with Crippen LogP contribution in [0.4, 0.5) is 11.4 Å². The molecule has 0 spiro atoms. The maximum absolute atomic E-state index is 12.8. The Morgan fingerprint density at radius 1 is 0.968 bits per heavy atom. The summed E-state index contributed by atoms with van der Waals surface area (Å²) in [6, 6.07) is 22.7. The Kier molecular flexibility index (Phi) is 5.45. The maximum Gasteiger partial charge on any atom is 0.339 e. The molecule has 0 saturated heterocycles. The Morgan fingerprint density at radius 3 is 2.45 bits per heavy atom. The standard InChI is InChI=1S/C24H17N3O4/c25-13-16-7-1-2-8-17(16)18-9-3-4-10-19(18)24(30)31-15-23(29)27-14-22(28)26-20-11-5-6-12-21(20)27/h1-12H,14-15H2,(H,26,28). The van der Waals surface area contributed by atoms with E-state index in [1.807, 2.05) is 0 Å². The second-order valence-electron chi connectivity index (χ2n) is 6.82. The predicted molar refractivity (Wildman–Crippen MR) is 114 cm³/mol. The summed E-state index contributed by atoms with van der Waals surface area (Å²) >= 11 is 0. The Bertz CT molecular complexity index is 1230. The number of nitrogens with one attached hydrogen (secondary N) is 1. The monoisotopic (exact) mass is 411 g/mol. The number of benzene rings is 3. The highest BCUT2D eigenvalue weighted by molar-refractivity contribution is 6.10. The highest BCUT2D eigenvalue weighted by Crippen LogP contribution is 2.30. The fraction of sp³-hybridized carbons (Fsp3) is 0.0833. The van der Waals surface area contributed by atoms with Gasteiger partial charge in [0.1, 0.15) is 6.54 Å². The van der Waals surface area contributed by atoms with Crippen LogP contribution in [0.3, 0.4) is 0 Å². The van der Waals surface area contributed by atoms with E-state index in [1.54, 1.807) is 72.8 Å². The van der Waals surface area contributed by atoms with Gasteiger partial charge in [0, 0.05) is 5.56 Å². The maximum atomic E-state index is 12.8. The molecule has 3 aromatic carbocycles. The van der Waals surface area contributed by atoms with Crippen LogP contribution in [-0.2, 0) is 14.3 Å². The van der Waals surface area contributed by atoms with Gasteiger partial charge < -0.3 is 10.1 Å². The van der Waals surface area contributed by atoms with Crippen molar-refractivity contribution in [2.45, 2.75) is 0 Å². The quantitative estimate of drug-likeness (QED) is 0.664. The lowest BCUT2D eigenvalue weighted by Gasteiger charge is -2.28. The third-order valence-corrected chi connectivity index (χ3v) is 4.88. The molecule has 1 aliphatic rings. The molecule has 31 heavy (non-hydrogen) atoms. The number of amides is 2. The first-order valence-electron chi connectivity index (χ1n) is 9.53. The van der Waals surface area contributed by atoms with Crippen LogP contribution >= 0.6 is 0 Å². The number of anilines is 2. The Hall–Kier alpha value is -4.44. The zero-order chi connectivity index (χ0) is 21.8. The van der Waals surface area contributed by atoms with Crippen molar-refractivity contribution < 1.29 is 19.1 Å². The Balaban J connectivity index is 1.54. The van der Waals surface area contributed by atoms with Crippen molar-refractivity contribution in [1.29, 1.82) is 5.26 Å². The van der Waals surface area contributed by atoms with E-state index < -0.39 is 18.5 Å². The topological polar surface area (TPSA) is 99.5 Å². The van der Waals surface area contributed by atoms with Gasteiger partial charge in [0.05, 0.1) is 28.6 Å². The molecule has 1 heterocycles. The first kappa shape index (κ1) is 19.9. The van der Waals surface area contributed by atoms with Crippen molar-refractivity contribution >= 4 is 29.2 Å². The molecular formula is C24H17N3O4. The van der Waals surface area contributed by atoms with Crippen molar-refractivity contribution in [2.24, 2.45) is 0 Å². The van der Waals surface area contributed by atoms with E-state index in [0.717, 1.165) is 0 Å². The van der Waals surface area contributed by atoms with Gasteiger partial charge in [-0.05, 0) is 29.8 Å². The molecule has 7 heteroatoms. The largest absolute Gasteiger partial charge is 0.452 e. The Morgan fingerprint density at radius 2 is 1.65 bits per heavy atom. The number of hydrogen-bond acceptors (Lipinski definition) is 5. The molecule has 0 bridgehead atoms. The van der Waals surface area contributed by atoms with Gasteiger partial charge in [-0.1, -0.05) is 48.5 Å². The van der Waals surface area contributed by atoms with E-state index in [9.17, 15) is 19.6 Å². The highest BCUT2D eigenvalue weighted by atomic mass is 16.5. The average Bonchev–Trinajstić information content (AvgIpc) is 2.81. The minimum Gasteiger partial charge on any atom is -0.452 e. The van der Waals surface area contributed by atoms with Crippen LogP contribution < -0.4 is 10.2 Å². The van der Waals surface area contributed by atoms with Crippen LogP contribution in [0.2, 0.25) is 0 Å². The van der Waals surface area contributed by atoms with Gasteiger partial charge in [-0.15, -0.1) is 0 Å². The number of esters is 1. The second-order valence-corrected chi connectivity index (χ2v) is 6.82. The van der Waals surface area contributed by atoms with Crippen LogP contribution in [0.25, 0.3) is 11.1 Å². The van der Waals surface area contributed by atoms with Gasteiger partial charge in [-0.2, -0.15) is 5.26 Å². The number of nitriles is 1. The number of carbonyl (C=O) groups excluding carboxylic acids is 3. The molecule has 0 unspecified atom stereocenters. The lowest BCUT2D eigenvalue weighted by atomic mass is 9.96. The van der Waals surface area contributed by atoms with E-state index in [1.165, 1.54) is 4.90 Å². The number of carbonyl (C=O) groups is 3. The number of hydrogen-bond donors (Lipinski definition) is 1. The molecule has 1 N–H and O–H groups in total. The fourth-order valence-electron chi connectivity index (χ4n) is 3.45. The average molecular weight is 411 g/mol. The SMILES string of the molecule is N#Cc1ccccc1-c1ccccc1C(=O)OCC(=O)N1CC(=O)Nc2ccccc21. The second kappa shape index (κ2) is 8.51. The smallest absolute Gasteiger partial charge is 0.339 e. The number of rotatable bonds is 4. The van der Waals surface area contributed by atoms with Crippen LogP contribution in [-0.4, -0.2) is 30.9 Å². The van der Waals surface area contributed by atoms with E-state index in [4.69, 9.17) is 4.74 Å². The summed E-state index contributed by atoms with van der Waals surface area (Å²) in [5.74, 6) is -1.52. The van der Waals surface area contributed by atoms with Gasteiger partial charge in [0.25, 0.3) is 5.91 Å². The molecule has 0 fully saturated rings. The zero-order valence-corrected chi connectivity index (χ0v) is 16.4. The van der Waals surface area contributed by atoms with Crippen LogP contribution in [0.5, 0.6) is 0 Å². The molecule has 0 aromatic heterocycles. The molecule has 3 aromatic rings. The molecular weight excluding hydrogens is 394 g/mol. The van der Waals surface area contributed by atoms with Crippen molar-refractivity contribution in [2.75, 3.05) is 23.4 Å². The van der Waals surface area contributed by atoms with Gasteiger partial charge in [0.2, 0.25) is 5.91 Å². The van der Waals surface area contributed by atoms with Gasteiger partial charge >= 0.3 is 5.97 Å². The van der Waals surface area contributed by atoms with Crippen LogP contribution in [0.1, 0.15) is 15.9 Å². The molecule has 0 radical (unpaired) electrons. The number of ether oxygens (including phenoxy) is 1. The molecule has 0 atom stereocenters. The van der Waals surface area contributed by atoms with Crippen molar-refractivity contribution in [3.05, 3.63) is 83.9 Å². The number of fused-ring (bicyclic) bond motifs is 1. The van der Waals surface area contributed by atoms with Gasteiger partial charge in [-0.3, -0.25) is 14.5 Å². The molecule has 4 rings (SSSR count). The number of nitrogens with zero attached hydrogens (tertiary/aromatic N) is 2. The van der Waals surface area contributed by atoms with E-state index in [-0.39, 0.29) is 18.0 Å². The zero-order valence-electron chi connectivity index (χ0n) is 16.4. The fourth-order valence-corrected chi connectivity index (χ4v) is 3.45. The minimum atomic E-state index is -0.688. The third kappa shape index (κ3) is 4.00. The summed E-state index contributed by atoms with van der Waals surface area (Å²) in [5, 5.41) is 12.1. The predicted octanol–water partition coefficient (Wildman–Crippen LogP) is 3.37. The van der Waals surface area contributed by atoms with Gasteiger partial charge in [0.15, 0.2) is 6.61 Å². The summed E-state index contributed by atoms with van der Waals surface area (Å²) in [5.41, 5.74) is 2.89. The van der Waals surface area contributed by atoms with E-state index in [2.05, 4.69) is 11.4 Å². The van der Waals surface area contributed by atoms with E-state index >= 15 is 0 Å². The molecule has 1 aliphatic heterocycles. The number of para-hydroxylation sites is 2. The minimum absolute atomic E-state index is 0.153. The molecule has 0 aliphatic carbocycles. The Labute approximate surface area is 178 Å². The lowest BCUT2D eigenvalue weighted by molar-refractivity contribution is -0.124. The van der Waals surface area contributed by atoms with Gasteiger partial charge in [-0.25, -0.2) is 4.79 Å². The van der Waals surface area contributed by atoms with Crippen molar-refractivity contribution in [1.82, 2.24) is 0 Å². The normalized spacial score (nSPS) is 12.4. The molecule has 7 nitrogen and oxygen atoms in total. The van der Waals surface area contributed by atoms with Crippen LogP contribution in [0, 0.1) is 11.3 Å². The summed E-state index contributed by atoms with van der Waals surface area (Å²) in [4.78, 5) is 38.7. The molecule has 2 amide bonds. The summed E-state index contributed by atoms with van der Waals surface area (Å²) in [6.07, 6.45) is 0. The summed E-state index contributed by atoms with van der Waals surface area (Å²) in [6.45, 7) is -0.672. The third-order valence-electron chi connectivity index (χ3n) is 4.88. The summed E-state index contributed by atoms with van der Waals surface area (Å²) < 4.78 is 5.28. The molecule has 0 saturated carbocycles. The first-order valence-corrected chi connectivity index (χ1v) is 9.53.